The standard InChI is InChI=1S/C44H41F2N7O14S.C2HF3O2/c45-26-16-27(46)18-29(17-26)68(64,65)28-5-1-23(2-6-28)20-49-41(60)25-4-8-34-51(13-14-52(34)22-25)21-24-3-7-32(66-44-39(59)37(57)38(58)40(67-44)43(62)63)30(15-24)50-33(54)11-12-48-42(61)31(19-47)53-35(55)9-10-36(53)56;3-2(4,5)1(6)7/h1-10,13-18,22,31,37-40,44,57-59H,11-12,19-21,47H2,(H3-,48,49,50,54,60,61,62,63);(H,6,7)/p+1/t31?,37-,38-,39+,40-,44+;/m0./s1. The maximum atomic E-state index is 13.7. The lowest BCUT2D eigenvalue weighted by atomic mass is 9.99. The smallest absolute Gasteiger partial charge is 0.479 e. The Labute approximate surface area is 419 Å². The molecule has 1 saturated heterocycles. The molecule has 0 spiro atoms. The summed E-state index contributed by atoms with van der Waals surface area (Å²) in [6, 6.07) is 13.8. The van der Waals surface area contributed by atoms with Crippen LogP contribution < -0.4 is 31.0 Å². The van der Waals surface area contributed by atoms with E-state index in [-0.39, 0.29) is 54.5 Å². The summed E-state index contributed by atoms with van der Waals surface area (Å²) in [5, 5.41) is 55.6. The monoisotopic (exact) mass is 1080 g/mol. The molecule has 75 heavy (non-hydrogen) atoms. The number of aromatic nitrogens is 2. The van der Waals surface area contributed by atoms with E-state index in [1.807, 2.05) is 0 Å². The van der Waals surface area contributed by atoms with Crippen LogP contribution in [0.3, 0.4) is 0 Å². The van der Waals surface area contributed by atoms with Crippen LogP contribution in [0.5, 0.6) is 5.75 Å². The predicted molar refractivity (Wildman–Crippen MR) is 241 cm³/mol. The van der Waals surface area contributed by atoms with Crippen molar-refractivity contribution >= 4 is 62.6 Å². The predicted octanol–water partition coefficient (Wildman–Crippen LogP) is -0.0825. The van der Waals surface area contributed by atoms with E-state index in [4.69, 9.17) is 25.1 Å². The highest BCUT2D eigenvalue weighted by Crippen LogP contribution is 2.31. The van der Waals surface area contributed by atoms with Gasteiger partial charge in [-0.2, -0.15) is 13.2 Å². The van der Waals surface area contributed by atoms with Gasteiger partial charge in [-0.25, -0.2) is 35.8 Å². The maximum absolute atomic E-state index is 13.7. The number of hydrogen-bond acceptors (Lipinski definition) is 15. The first-order valence-corrected chi connectivity index (χ1v) is 23.2. The molecule has 398 valence electrons. The van der Waals surface area contributed by atoms with Gasteiger partial charge in [-0.3, -0.25) is 28.9 Å². The molecule has 2 aliphatic rings. The largest absolute Gasteiger partial charge is 0.490 e. The average Bonchev–Trinajstić information content (AvgIpc) is 3.91. The van der Waals surface area contributed by atoms with E-state index in [0.29, 0.717) is 39.9 Å². The molecular weight excluding hydrogens is 1030 g/mol. The zero-order chi connectivity index (χ0) is 55.1. The van der Waals surface area contributed by atoms with Crippen molar-refractivity contribution < 1.29 is 104 Å². The fourth-order valence-electron chi connectivity index (χ4n) is 7.29. The van der Waals surface area contributed by atoms with Crippen LogP contribution in [-0.4, -0.2) is 141 Å². The highest BCUT2D eigenvalue weighted by Gasteiger charge is 2.48. The molecule has 6 atom stereocenters. The Morgan fingerprint density at radius 2 is 1.45 bits per heavy atom. The van der Waals surface area contributed by atoms with Crippen molar-refractivity contribution in [2.75, 3.05) is 18.4 Å². The summed E-state index contributed by atoms with van der Waals surface area (Å²) in [7, 11) is -4.22. The Bertz CT molecular complexity index is 3140. The fraction of sp³-hybridized carbons (Fsp3) is 0.261. The van der Waals surface area contributed by atoms with Crippen molar-refractivity contribution in [3.8, 4) is 5.75 Å². The van der Waals surface area contributed by atoms with E-state index >= 15 is 0 Å². The van der Waals surface area contributed by atoms with Crippen LogP contribution in [0.1, 0.15) is 27.9 Å². The van der Waals surface area contributed by atoms with Crippen LogP contribution in [0.4, 0.5) is 27.6 Å². The quantitative estimate of drug-likeness (QED) is 0.0334. The van der Waals surface area contributed by atoms with Gasteiger partial charge in [0.1, 0.15) is 66.9 Å². The van der Waals surface area contributed by atoms with Crippen molar-refractivity contribution in [2.45, 2.75) is 72.2 Å². The van der Waals surface area contributed by atoms with Crippen LogP contribution in [-0.2, 0) is 56.4 Å². The second kappa shape index (κ2) is 23.3. The molecule has 29 heteroatoms. The Morgan fingerprint density at radius 1 is 0.827 bits per heavy atom. The molecule has 0 aliphatic carbocycles. The number of sulfone groups is 1. The number of nitrogens with two attached hydrogens (primary N) is 1. The molecule has 5 aromatic rings. The molecule has 1 fully saturated rings. The summed E-state index contributed by atoms with van der Waals surface area (Å²) in [6.45, 7) is -0.498. The number of carbonyl (C=O) groups excluding carboxylic acids is 5. The highest BCUT2D eigenvalue weighted by atomic mass is 32.2. The van der Waals surface area contributed by atoms with E-state index in [1.165, 1.54) is 36.4 Å². The normalized spacial score (nSPS) is 18.9. The van der Waals surface area contributed by atoms with Crippen molar-refractivity contribution in [3.05, 3.63) is 132 Å². The molecule has 0 saturated carbocycles. The van der Waals surface area contributed by atoms with Gasteiger partial charge in [0.05, 0.1) is 21.0 Å². The molecule has 2 aliphatic heterocycles. The topological polar surface area (TPSA) is 347 Å². The first-order chi connectivity index (χ1) is 35.3. The molecule has 10 N–H and O–H groups in total. The number of aliphatic hydroxyl groups is 3. The molecule has 0 radical (unpaired) electrons. The minimum absolute atomic E-state index is 0.00886. The summed E-state index contributed by atoms with van der Waals surface area (Å²) in [4.78, 5) is 84.1. The number of pyridine rings is 1. The van der Waals surface area contributed by atoms with Gasteiger partial charge < -0.3 is 56.7 Å². The van der Waals surface area contributed by atoms with Gasteiger partial charge in [0, 0.05) is 50.3 Å². The summed E-state index contributed by atoms with van der Waals surface area (Å²) >= 11 is 0. The molecule has 1 unspecified atom stereocenters. The van der Waals surface area contributed by atoms with Crippen LogP contribution in [0.25, 0.3) is 5.65 Å². The number of ether oxygens (including phenoxy) is 2. The van der Waals surface area contributed by atoms with Crippen LogP contribution in [0, 0.1) is 11.6 Å². The number of aliphatic hydroxyl groups excluding tert-OH is 3. The third-order valence-corrected chi connectivity index (χ3v) is 12.8. The van der Waals surface area contributed by atoms with Crippen molar-refractivity contribution in [1.82, 2.24) is 19.9 Å². The Kier molecular flexibility index (Phi) is 17.4. The number of halogens is 5. The third-order valence-electron chi connectivity index (χ3n) is 11.1. The van der Waals surface area contributed by atoms with Crippen molar-refractivity contribution in [3.63, 3.8) is 0 Å². The first kappa shape index (κ1) is 56.1. The van der Waals surface area contributed by atoms with Gasteiger partial charge in [0.2, 0.25) is 27.9 Å². The van der Waals surface area contributed by atoms with Crippen LogP contribution >= 0.6 is 0 Å². The highest BCUT2D eigenvalue weighted by molar-refractivity contribution is 7.91. The van der Waals surface area contributed by atoms with E-state index in [1.54, 1.807) is 45.8 Å². The summed E-state index contributed by atoms with van der Waals surface area (Å²) < 4.78 is 99.5. The van der Waals surface area contributed by atoms with Gasteiger partial charge in [-0.05, 0) is 53.6 Å². The number of carbonyl (C=O) groups is 7. The second-order valence-electron chi connectivity index (χ2n) is 16.3. The molecule has 3 aromatic carbocycles. The number of fused-ring (bicyclic) bond motifs is 1. The Morgan fingerprint density at radius 3 is 2.05 bits per heavy atom. The lowest BCUT2D eigenvalue weighted by Gasteiger charge is -2.38. The number of rotatable bonds is 17. The van der Waals surface area contributed by atoms with Gasteiger partial charge >= 0.3 is 18.1 Å². The van der Waals surface area contributed by atoms with E-state index in [9.17, 15) is 79.6 Å². The number of benzene rings is 3. The molecule has 7 rings (SSSR count). The summed E-state index contributed by atoms with van der Waals surface area (Å²) in [6.07, 6.45) is -8.25. The number of imidazole rings is 1. The van der Waals surface area contributed by atoms with Gasteiger partial charge in [0.25, 0.3) is 23.4 Å². The molecule has 5 amide bonds. The zero-order valence-electron chi connectivity index (χ0n) is 38.3. The van der Waals surface area contributed by atoms with Gasteiger partial charge in [-0.15, -0.1) is 0 Å². The molecular formula is C46H43F5N7O16S+. The van der Waals surface area contributed by atoms with Gasteiger partial charge in [-0.1, -0.05) is 18.2 Å². The zero-order valence-corrected chi connectivity index (χ0v) is 39.1. The number of hydrogen-bond donors (Lipinski definition) is 9. The SMILES string of the molecule is NCC(C(=O)NCCC(=O)Nc1cc(C[n+]2ccn3cc(C(=O)NCc4ccc(S(=O)(=O)c5cc(F)cc(F)c5)cc4)ccc32)ccc1O[C@@H]1O[C@H](C(=O)O)[C@@H](O)[C@H](O)[C@H]1O)N1C(=O)C=CC1=O.O=C(O)C(F)(F)F. The Hall–Kier alpha value is -8.22. The first-order valence-electron chi connectivity index (χ1n) is 21.7. The van der Waals surface area contributed by atoms with E-state index in [0.717, 1.165) is 12.2 Å². The number of nitrogens with one attached hydrogen (secondary N) is 3. The Balaban J connectivity index is 0.00000122. The number of amides is 5. The van der Waals surface area contributed by atoms with E-state index in [2.05, 4.69) is 16.0 Å². The molecule has 2 aromatic heterocycles. The number of carboxylic acids is 2. The lowest BCUT2D eigenvalue weighted by Crippen LogP contribution is -2.61. The molecule has 23 nitrogen and oxygen atoms in total. The minimum Gasteiger partial charge on any atom is -0.479 e. The van der Waals surface area contributed by atoms with Crippen molar-refractivity contribution in [2.24, 2.45) is 5.73 Å². The summed E-state index contributed by atoms with van der Waals surface area (Å²) in [5.74, 6) is -10.0. The number of anilines is 1. The molecule has 4 heterocycles. The lowest BCUT2D eigenvalue weighted by molar-refractivity contribution is -0.661. The fourth-order valence-corrected chi connectivity index (χ4v) is 8.59. The number of imide groups is 1. The number of alkyl halides is 3. The summed E-state index contributed by atoms with van der Waals surface area (Å²) in [5.41, 5.74) is 7.59. The third kappa shape index (κ3) is 13.5. The van der Waals surface area contributed by atoms with Gasteiger partial charge in [0.15, 0.2) is 6.10 Å². The molecule has 0 bridgehead atoms. The van der Waals surface area contributed by atoms with E-state index < -0.39 is 111 Å². The van der Waals surface area contributed by atoms with Crippen LogP contribution in [0.2, 0.25) is 0 Å². The second-order valence-corrected chi connectivity index (χ2v) is 18.2. The van der Waals surface area contributed by atoms with Crippen LogP contribution in [0.15, 0.2) is 113 Å². The number of nitrogens with zero attached hydrogens (tertiary/aromatic N) is 3. The van der Waals surface area contributed by atoms with Crippen molar-refractivity contribution in [1.29, 1.82) is 0 Å². The minimum atomic E-state index is -5.08. The average molecular weight is 1080 g/mol. The number of aliphatic carboxylic acids is 2. The maximum Gasteiger partial charge on any atom is 0.490 e. The number of carboxylic acid groups (broad SMARTS) is 2.